The molecule has 0 saturated carbocycles. The second-order valence-corrected chi connectivity index (χ2v) is 4.64. The second-order valence-electron chi connectivity index (χ2n) is 4.24. The van der Waals surface area contributed by atoms with Gasteiger partial charge in [0.05, 0.1) is 17.1 Å². The summed E-state index contributed by atoms with van der Waals surface area (Å²) >= 11 is 5.78. The van der Waals surface area contributed by atoms with Gasteiger partial charge in [-0.05, 0) is 6.07 Å². The minimum atomic E-state index is -4.55. The SMILES string of the molecule is C=CCNC(=O)NCc1nnc2c(Cl)cc(C(F)(F)F)cn12. The summed E-state index contributed by atoms with van der Waals surface area (Å²) in [4.78, 5) is 11.4. The number of carbonyl (C=O) groups excluding carboxylic acids is 1. The van der Waals surface area contributed by atoms with Crippen LogP contribution in [0, 0.1) is 0 Å². The molecule has 0 aliphatic carbocycles. The lowest BCUT2D eigenvalue weighted by atomic mass is 10.3. The van der Waals surface area contributed by atoms with E-state index in [-0.39, 0.29) is 29.6 Å². The molecule has 0 spiro atoms. The summed E-state index contributed by atoms with van der Waals surface area (Å²) in [5.41, 5.74) is -0.847. The van der Waals surface area contributed by atoms with Crippen molar-refractivity contribution in [2.75, 3.05) is 6.54 Å². The summed E-state index contributed by atoms with van der Waals surface area (Å²) in [5.74, 6) is 0.122. The predicted octanol–water partition coefficient (Wildman–Crippen LogP) is 2.39. The molecule has 0 fully saturated rings. The normalized spacial score (nSPS) is 11.5. The largest absolute Gasteiger partial charge is 0.417 e. The summed E-state index contributed by atoms with van der Waals surface area (Å²) in [7, 11) is 0. The van der Waals surface area contributed by atoms with Crippen molar-refractivity contribution in [3.63, 3.8) is 0 Å². The topological polar surface area (TPSA) is 71.3 Å². The number of aromatic nitrogens is 3. The van der Waals surface area contributed by atoms with Crippen LogP contribution in [0.5, 0.6) is 0 Å². The zero-order valence-electron chi connectivity index (χ0n) is 11.1. The molecule has 2 aromatic heterocycles. The van der Waals surface area contributed by atoms with Crippen molar-refractivity contribution in [1.82, 2.24) is 25.2 Å². The summed E-state index contributed by atoms with van der Waals surface area (Å²) in [6.45, 7) is 3.59. The number of hydrogen-bond acceptors (Lipinski definition) is 3. The Labute approximate surface area is 128 Å². The number of amides is 2. The van der Waals surface area contributed by atoms with Gasteiger partial charge >= 0.3 is 12.2 Å². The second kappa shape index (κ2) is 6.22. The maximum atomic E-state index is 12.8. The fraction of sp³-hybridized carbons (Fsp3) is 0.250. The van der Waals surface area contributed by atoms with Gasteiger partial charge in [-0.25, -0.2) is 4.79 Å². The van der Waals surface area contributed by atoms with Crippen LogP contribution in [-0.2, 0) is 12.7 Å². The number of halogens is 4. The van der Waals surface area contributed by atoms with Crippen LogP contribution >= 0.6 is 11.6 Å². The van der Waals surface area contributed by atoms with E-state index < -0.39 is 17.8 Å². The molecule has 2 N–H and O–H groups in total. The Kier molecular flexibility index (Phi) is 4.55. The summed E-state index contributed by atoms with van der Waals surface area (Å²) in [6.07, 6.45) is -2.23. The molecular weight excluding hydrogens is 323 g/mol. The van der Waals surface area contributed by atoms with Crippen LogP contribution in [0.1, 0.15) is 11.4 Å². The van der Waals surface area contributed by atoms with Crippen molar-refractivity contribution in [2.24, 2.45) is 0 Å². The maximum Gasteiger partial charge on any atom is 0.417 e. The highest BCUT2D eigenvalue weighted by atomic mass is 35.5. The molecule has 6 nitrogen and oxygen atoms in total. The van der Waals surface area contributed by atoms with Crippen molar-refractivity contribution < 1.29 is 18.0 Å². The van der Waals surface area contributed by atoms with Gasteiger partial charge in [0.1, 0.15) is 0 Å². The molecule has 0 saturated heterocycles. The monoisotopic (exact) mass is 333 g/mol. The Morgan fingerprint density at radius 3 is 2.77 bits per heavy atom. The Morgan fingerprint density at radius 2 is 2.14 bits per heavy atom. The fourth-order valence-corrected chi connectivity index (χ4v) is 1.91. The Morgan fingerprint density at radius 1 is 1.41 bits per heavy atom. The molecule has 0 radical (unpaired) electrons. The van der Waals surface area contributed by atoms with Gasteiger partial charge < -0.3 is 10.6 Å². The third kappa shape index (κ3) is 3.48. The van der Waals surface area contributed by atoms with Gasteiger partial charge in [0, 0.05) is 12.7 Å². The number of urea groups is 1. The molecule has 0 bridgehead atoms. The minimum absolute atomic E-state index is 0.0815. The number of hydrogen-bond donors (Lipinski definition) is 2. The standard InChI is InChI=1S/C12H11ClF3N5O/c1-2-3-17-11(22)18-5-9-19-20-10-8(13)4-7(6-21(9)10)12(14,15)16/h2,4,6H,1,3,5H2,(H2,17,18,22). The van der Waals surface area contributed by atoms with E-state index in [4.69, 9.17) is 11.6 Å². The number of nitrogens with zero attached hydrogens (tertiary/aromatic N) is 3. The van der Waals surface area contributed by atoms with Gasteiger partial charge in [-0.1, -0.05) is 17.7 Å². The van der Waals surface area contributed by atoms with Crippen LogP contribution in [0.2, 0.25) is 5.02 Å². The first kappa shape index (κ1) is 16.1. The highest BCUT2D eigenvalue weighted by molar-refractivity contribution is 6.33. The quantitative estimate of drug-likeness (QED) is 0.844. The van der Waals surface area contributed by atoms with E-state index in [1.807, 2.05) is 0 Å². The van der Waals surface area contributed by atoms with Crippen molar-refractivity contribution in [3.8, 4) is 0 Å². The molecule has 0 aliphatic heterocycles. The lowest BCUT2D eigenvalue weighted by molar-refractivity contribution is -0.137. The average Bonchev–Trinajstić information content (AvgIpc) is 2.85. The third-order valence-electron chi connectivity index (χ3n) is 2.67. The van der Waals surface area contributed by atoms with Gasteiger partial charge in [-0.15, -0.1) is 16.8 Å². The molecular formula is C12H11ClF3N5O. The van der Waals surface area contributed by atoms with E-state index in [1.165, 1.54) is 6.08 Å². The Hall–Kier alpha value is -2.29. The van der Waals surface area contributed by atoms with Crippen molar-refractivity contribution in [2.45, 2.75) is 12.7 Å². The lowest BCUT2D eigenvalue weighted by Crippen LogP contribution is -2.35. The maximum absolute atomic E-state index is 12.8. The summed E-state index contributed by atoms with van der Waals surface area (Å²) < 4.78 is 39.5. The van der Waals surface area contributed by atoms with Crippen molar-refractivity contribution >= 4 is 23.3 Å². The number of alkyl halides is 3. The van der Waals surface area contributed by atoms with Crippen molar-refractivity contribution in [3.05, 3.63) is 41.3 Å². The molecule has 22 heavy (non-hydrogen) atoms. The lowest BCUT2D eigenvalue weighted by Gasteiger charge is -2.09. The van der Waals surface area contributed by atoms with E-state index in [0.29, 0.717) is 0 Å². The van der Waals surface area contributed by atoms with Crippen LogP contribution in [0.3, 0.4) is 0 Å². The molecule has 0 unspecified atom stereocenters. The minimum Gasteiger partial charge on any atom is -0.335 e. The number of rotatable bonds is 4. The molecule has 2 amide bonds. The van der Waals surface area contributed by atoms with Crippen LogP contribution in [-0.4, -0.2) is 27.2 Å². The van der Waals surface area contributed by atoms with Gasteiger partial charge in [-0.2, -0.15) is 13.2 Å². The zero-order valence-corrected chi connectivity index (χ0v) is 11.9. The van der Waals surface area contributed by atoms with Crippen LogP contribution in [0.15, 0.2) is 24.9 Å². The fourth-order valence-electron chi connectivity index (χ4n) is 1.66. The smallest absolute Gasteiger partial charge is 0.335 e. The number of carbonyl (C=O) groups is 1. The molecule has 118 valence electrons. The van der Waals surface area contributed by atoms with Gasteiger partial charge in [0.15, 0.2) is 11.5 Å². The number of nitrogens with one attached hydrogen (secondary N) is 2. The highest BCUT2D eigenvalue weighted by Gasteiger charge is 2.32. The first-order valence-electron chi connectivity index (χ1n) is 6.06. The van der Waals surface area contributed by atoms with Crippen LogP contribution < -0.4 is 10.6 Å². The Bertz CT molecular complexity index is 713. The van der Waals surface area contributed by atoms with Gasteiger partial charge in [0.2, 0.25) is 0 Å². The van der Waals surface area contributed by atoms with E-state index in [2.05, 4.69) is 27.4 Å². The van der Waals surface area contributed by atoms with E-state index >= 15 is 0 Å². The number of fused-ring (bicyclic) bond motifs is 1. The highest BCUT2D eigenvalue weighted by Crippen LogP contribution is 2.32. The first-order valence-corrected chi connectivity index (χ1v) is 6.43. The van der Waals surface area contributed by atoms with E-state index in [1.54, 1.807) is 0 Å². The molecule has 10 heteroatoms. The predicted molar refractivity (Wildman–Crippen MR) is 73.4 cm³/mol. The summed E-state index contributed by atoms with van der Waals surface area (Å²) in [5, 5.41) is 12.2. The van der Waals surface area contributed by atoms with Gasteiger partial charge in [-0.3, -0.25) is 4.40 Å². The number of pyridine rings is 1. The van der Waals surface area contributed by atoms with E-state index in [9.17, 15) is 18.0 Å². The summed E-state index contributed by atoms with van der Waals surface area (Å²) in [6, 6.07) is 0.272. The molecule has 2 rings (SSSR count). The van der Waals surface area contributed by atoms with Crippen molar-refractivity contribution in [1.29, 1.82) is 0 Å². The van der Waals surface area contributed by atoms with E-state index in [0.717, 1.165) is 16.7 Å². The first-order chi connectivity index (χ1) is 10.3. The molecule has 0 aromatic carbocycles. The molecule has 2 aromatic rings. The molecule has 2 heterocycles. The molecule has 0 aliphatic rings. The van der Waals surface area contributed by atoms with Gasteiger partial charge in [0.25, 0.3) is 0 Å². The van der Waals surface area contributed by atoms with Crippen LogP contribution in [0.25, 0.3) is 5.65 Å². The Balaban J connectivity index is 2.26. The zero-order chi connectivity index (χ0) is 16.3. The van der Waals surface area contributed by atoms with Crippen LogP contribution in [0.4, 0.5) is 18.0 Å². The molecule has 0 atom stereocenters. The third-order valence-corrected chi connectivity index (χ3v) is 2.95. The average molecular weight is 334 g/mol.